The van der Waals surface area contributed by atoms with E-state index in [4.69, 9.17) is 10.2 Å². The van der Waals surface area contributed by atoms with Crippen LogP contribution in [0.5, 0.6) is 0 Å². The van der Waals surface area contributed by atoms with Crippen LogP contribution in [0.2, 0.25) is 0 Å². The van der Waals surface area contributed by atoms with Crippen molar-refractivity contribution < 1.29 is 19.8 Å². The van der Waals surface area contributed by atoms with E-state index in [-0.39, 0.29) is 24.8 Å². The third-order valence-corrected chi connectivity index (χ3v) is 4.87. The van der Waals surface area contributed by atoms with Crippen LogP contribution in [0.25, 0.3) is 0 Å². The van der Waals surface area contributed by atoms with Crippen molar-refractivity contribution in [3.8, 4) is 0 Å². The lowest BCUT2D eigenvalue weighted by molar-refractivity contribution is 0.0980. The van der Waals surface area contributed by atoms with Gasteiger partial charge in [0.05, 0.1) is 11.1 Å². The summed E-state index contributed by atoms with van der Waals surface area (Å²) in [5.74, 6) is -0.317. The monoisotopic (exact) mass is 382 g/mol. The largest absolute Gasteiger partial charge is 0.396 e. The lowest BCUT2D eigenvalue weighted by Crippen LogP contribution is -2.24. The minimum atomic E-state index is -0.158. The molecule has 0 spiro atoms. The first-order chi connectivity index (χ1) is 13.7. The summed E-state index contributed by atoms with van der Waals surface area (Å²) in [5.41, 5.74) is 2.97. The Morgan fingerprint density at radius 3 is 1.46 bits per heavy atom. The fourth-order valence-electron chi connectivity index (χ4n) is 3.46. The maximum atomic E-state index is 13.2. The molecule has 0 radical (unpaired) electrons. The van der Waals surface area contributed by atoms with E-state index < -0.39 is 0 Å². The topological polar surface area (TPSA) is 98.7 Å². The number of unbranched alkanes of at least 4 members (excludes halogenated alkanes) is 2. The van der Waals surface area contributed by atoms with Gasteiger partial charge in [-0.1, -0.05) is 24.3 Å². The number of anilines is 2. The highest BCUT2D eigenvalue weighted by Gasteiger charge is 2.33. The Kier molecular flexibility index (Phi) is 6.79. The smallest absolute Gasteiger partial charge is 0.196 e. The maximum Gasteiger partial charge on any atom is 0.196 e. The van der Waals surface area contributed by atoms with Crippen LogP contribution >= 0.6 is 0 Å². The third-order valence-electron chi connectivity index (χ3n) is 4.87. The Morgan fingerprint density at radius 1 is 0.643 bits per heavy atom. The normalized spacial score (nSPS) is 12.5. The lowest BCUT2D eigenvalue weighted by Gasteiger charge is -2.23. The highest BCUT2D eigenvalue weighted by molar-refractivity contribution is 6.31. The molecule has 2 aromatic rings. The number of ketones is 2. The molecule has 1 aliphatic rings. The molecule has 0 saturated heterocycles. The molecule has 6 heteroatoms. The molecule has 0 aliphatic heterocycles. The zero-order chi connectivity index (χ0) is 19.9. The number of nitrogens with one attached hydrogen (secondary N) is 2. The van der Waals surface area contributed by atoms with Gasteiger partial charge in [0, 0.05) is 48.8 Å². The summed E-state index contributed by atoms with van der Waals surface area (Å²) >= 11 is 0. The standard InChI is InChI=1S/C22H26N2O4/c25-13-3-1-11-23-17-9-5-7-15-19(17)21(27)16-8-6-10-18(20(16)22(15)28)24-12-2-4-14-26/h5-10,23-26H,1-4,11-14H2. The molecule has 6 nitrogen and oxygen atoms in total. The van der Waals surface area contributed by atoms with E-state index in [2.05, 4.69) is 10.6 Å². The average Bonchev–Trinajstić information content (AvgIpc) is 2.72. The summed E-state index contributed by atoms with van der Waals surface area (Å²) in [6.07, 6.45) is 2.92. The number of hydrogen-bond acceptors (Lipinski definition) is 6. The first-order valence-electron chi connectivity index (χ1n) is 9.74. The second kappa shape index (κ2) is 9.48. The van der Waals surface area contributed by atoms with Crippen LogP contribution in [0.15, 0.2) is 36.4 Å². The maximum absolute atomic E-state index is 13.2. The number of aliphatic hydroxyl groups excluding tert-OH is 2. The van der Waals surface area contributed by atoms with Crippen LogP contribution < -0.4 is 10.6 Å². The van der Waals surface area contributed by atoms with Crippen molar-refractivity contribution in [3.63, 3.8) is 0 Å². The van der Waals surface area contributed by atoms with E-state index >= 15 is 0 Å². The van der Waals surface area contributed by atoms with Gasteiger partial charge in [-0.05, 0) is 37.8 Å². The Morgan fingerprint density at radius 2 is 1.07 bits per heavy atom. The van der Waals surface area contributed by atoms with Crippen LogP contribution in [0.3, 0.4) is 0 Å². The van der Waals surface area contributed by atoms with Crippen molar-refractivity contribution in [2.24, 2.45) is 0 Å². The molecule has 0 bridgehead atoms. The second-order valence-electron chi connectivity index (χ2n) is 6.83. The molecule has 2 aromatic carbocycles. The van der Waals surface area contributed by atoms with Crippen molar-refractivity contribution in [2.75, 3.05) is 36.9 Å². The van der Waals surface area contributed by atoms with Gasteiger partial charge in [-0.15, -0.1) is 0 Å². The van der Waals surface area contributed by atoms with Crippen LogP contribution in [0.4, 0.5) is 11.4 Å². The molecule has 0 heterocycles. The number of benzene rings is 2. The highest BCUT2D eigenvalue weighted by Crippen LogP contribution is 2.35. The molecule has 0 aromatic heterocycles. The highest BCUT2D eigenvalue weighted by atomic mass is 16.3. The average molecular weight is 382 g/mol. The quantitative estimate of drug-likeness (QED) is 0.403. The zero-order valence-corrected chi connectivity index (χ0v) is 15.8. The molecule has 0 saturated carbocycles. The van der Waals surface area contributed by atoms with Crippen molar-refractivity contribution in [1.29, 1.82) is 0 Å². The first kappa shape index (κ1) is 20.0. The third kappa shape index (κ3) is 4.08. The Hall–Kier alpha value is -2.70. The zero-order valence-electron chi connectivity index (χ0n) is 15.8. The van der Waals surface area contributed by atoms with E-state index in [1.54, 1.807) is 24.3 Å². The number of aliphatic hydroxyl groups is 2. The van der Waals surface area contributed by atoms with Crippen molar-refractivity contribution in [1.82, 2.24) is 0 Å². The molecular weight excluding hydrogens is 356 g/mol. The van der Waals surface area contributed by atoms with Crippen LogP contribution in [-0.2, 0) is 0 Å². The number of carbonyl (C=O) groups is 2. The van der Waals surface area contributed by atoms with Gasteiger partial charge in [0.1, 0.15) is 0 Å². The SMILES string of the molecule is O=C1c2cccc(NCCCCO)c2C(=O)c2cccc(NCCCCO)c21. The summed E-state index contributed by atoms with van der Waals surface area (Å²) in [5, 5.41) is 24.3. The van der Waals surface area contributed by atoms with Crippen LogP contribution in [0, 0.1) is 0 Å². The van der Waals surface area contributed by atoms with Gasteiger partial charge in [0.2, 0.25) is 0 Å². The van der Waals surface area contributed by atoms with E-state index in [1.807, 2.05) is 12.1 Å². The molecular formula is C22H26N2O4. The Balaban J connectivity index is 1.90. The number of hydrogen-bond donors (Lipinski definition) is 4. The van der Waals surface area contributed by atoms with Crippen LogP contribution in [0.1, 0.15) is 57.5 Å². The summed E-state index contributed by atoms with van der Waals surface area (Å²) in [4.78, 5) is 26.4. The molecule has 148 valence electrons. The fourth-order valence-corrected chi connectivity index (χ4v) is 3.46. The van der Waals surface area contributed by atoms with Gasteiger partial charge in [0.15, 0.2) is 11.6 Å². The lowest BCUT2D eigenvalue weighted by atomic mass is 9.82. The second-order valence-corrected chi connectivity index (χ2v) is 6.83. The summed E-state index contributed by atoms with van der Waals surface area (Å²) < 4.78 is 0. The number of rotatable bonds is 10. The van der Waals surface area contributed by atoms with Gasteiger partial charge in [-0.3, -0.25) is 9.59 Å². The summed E-state index contributed by atoms with van der Waals surface area (Å²) in [7, 11) is 0. The van der Waals surface area contributed by atoms with E-state index in [1.165, 1.54) is 0 Å². The molecule has 0 fully saturated rings. The summed E-state index contributed by atoms with van der Waals surface area (Å²) in [6, 6.07) is 10.6. The predicted molar refractivity (Wildman–Crippen MR) is 109 cm³/mol. The van der Waals surface area contributed by atoms with Gasteiger partial charge < -0.3 is 20.8 Å². The van der Waals surface area contributed by atoms with Gasteiger partial charge in [0.25, 0.3) is 0 Å². The minimum absolute atomic E-state index is 0.132. The molecule has 4 N–H and O–H groups in total. The summed E-state index contributed by atoms with van der Waals surface area (Å²) in [6.45, 7) is 1.51. The number of fused-ring (bicyclic) bond motifs is 2. The van der Waals surface area contributed by atoms with Crippen molar-refractivity contribution >= 4 is 22.9 Å². The molecule has 0 unspecified atom stereocenters. The van der Waals surface area contributed by atoms with Gasteiger partial charge >= 0.3 is 0 Å². The van der Waals surface area contributed by atoms with Crippen molar-refractivity contribution in [2.45, 2.75) is 25.7 Å². The van der Waals surface area contributed by atoms with Crippen molar-refractivity contribution in [3.05, 3.63) is 58.7 Å². The molecule has 0 atom stereocenters. The Labute approximate surface area is 164 Å². The molecule has 0 amide bonds. The molecule has 1 aliphatic carbocycles. The van der Waals surface area contributed by atoms with E-state index in [0.717, 1.165) is 12.8 Å². The van der Waals surface area contributed by atoms with Gasteiger partial charge in [-0.2, -0.15) is 0 Å². The molecule has 28 heavy (non-hydrogen) atoms. The van der Waals surface area contributed by atoms with Crippen LogP contribution in [-0.4, -0.2) is 48.1 Å². The predicted octanol–water partition coefficient (Wildman–Crippen LogP) is 2.83. The van der Waals surface area contributed by atoms with E-state index in [0.29, 0.717) is 59.6 Å². The molecule has 3 rings (SSSR count). The number of carbonyl (C=O) groups excluding carboxylic acids is 2. The Bertz CT molecular complexity index is 792. The fraction of sp³-hybridized carbons (Fsp3) is 0.364. The van der Waals surface area contributed by atoms with Gasteiger partial charge in [-0.25, -0.2) is 0 Å². The van der Waals surface area contributed by atoms with E-state index in [9.17, 15) is 9.59 Å². The first-order valence-corrected chi connectivity index (χ1v) is 9.74. The minimum Gasteiger partial charge on any atom is -0.396 e.